The van der Waals surface area contributed by atoms with Crippen LogP contribution in [0.2, 0.25) is 0 Å². The summed E-state index contributed by atoms with van der Waals surface area (Å²) < 4.78 is 0. The predicted octanol–water partition coefficient (Wildman–Crippen LogP) is 3.37. The maximum atomic E-state index is 12.1. The van der Waals surface area contributed by atoms with Crippen LogP contribution in [0.5, 0.6) is 0 Å². The number of hydrogen-bond donors (Lipinski definition) is 1. The highest BCUT2D eigenvalue weighted by Crippen LogP contribution is 2.32. The van der Waals surface area contributed by atoms with Crippen LogP contribution in [0, 0.1) is 0 Å². The van der Waals surface area contributed by atoms with Gasteiger partial charge in [-0.15, -0.1) is 0 Å². The highest BCUT2D eigenvalue weighted by molar-refractivity contribution is 5.88. The van der Waals surface area contributed by atoms with Crippen LogP contribution < -0.4 is 5.73 Å². The number of primary amides is 1. The predicted molar refractivity (Wildman–Crippen MR) is 87.2 cm³/mol. The molecule has 108 valence electrons. The molecule has 0 aliphatic carbocycles. The highest BCUT2D eigenvalue weighted by Gasteiger charge is 2.24. The van der Waals surface area contributed by atoms with Crippen molar-refractivity contribution < 1.29 is 4.79 Å². The number of rotatable bonds is 4. The number of nitrogens with zero attached hydrogens (tertiary/aromatic N) is 1. The molecule has 2 aromatic carbocycles. The van der Waals surface area contributed by atoms with E-state index >= 15 is 0 Å². The second kappa shape index (κ2) is 6.22. The van der Waals surface area contributed by atoms with E-state index in [0.717, 1.165) is 16.7 Å². The van der Waals surface area contributed by atoms with Crippen LogP contribution in [0.25, 0.3) is 11.1 Å². The van der Waals surface area contributed by atoms with E-state index in [-0.39, 0.29) is 0 Å². The minimum absolute atomic E-state index is 0.401. The van der Waals surface area contributed by atoms with Gasteiger partial charge in [0.25, 0.3) is 0 Å². The van der Waals surface area contributed by atoms with Gasteiger partial charge in [-0.25, -0.2) is 0 Å². The number of carbonyl (C=O) groups excluding carboxylic acids is 1. The molecule has 0 saturated carbocycles. The van der Waals surface area contributed by atoms with Gasteiger partial charge in [0.2, 0.25) is 5.91 Å². The minimum atomic E-state index is -0.558. The van der Waals surface area contributed by atoms with Crippen molar-refractivity contribution in [3.05, 3.63) is 90.3 Å². The number of benzene rings is 2. The third-order valence-corrected chi connectivity index (χ3v) is 3.62. The monoisotopic (exact) mass is 288 g/mol. The summed E-state index contributed by atoms with van der Waals surface area (Å²) in [4.78, 5) is 16.4. The molecule has 0 radical (unpaired) electrons. The second-order valence-electron chi connectivity index (χ2n) is 5.04. The van der Waals surface area contributed by atoms with Crippen molar-refractivity contribution in [2.75, 3.05) is 0 Å². The van der Waals surface area contributed by atoms with Crippen molar-refractivity contribution in [2.24, 2.45) is 5.73 Å². The summed E-state index contributed by atoms with van der Waals surface area (Å²) in [5.41, 5.74) is 9.26. The van der Waals surface area contributed by atoms with E-state index in [2.05, 4.69) is 4.98 Å². The van der Waals surface area contributed by atoms with E-state index in [1.807, 2.05) is 72.8 Å². The minimum Gasteiger partial charge on any atom is -0.369 e. The molecule has 0 spiro atoms. The lowest BCUT2D eigenvalue weighted by Gasteiger charge is -2.17. The van der Waals surface area contributed by atoms with Crippen molar-refractivity contribution >= 4 is 5.91 Å². The average Bonchev–Trinajstić information content (AvgIpc) is 2.57. The maximum Gasteiger partial charge on any atom is 0.231 e. The average molecular weight is 288 g/mol. The van der Waals surface area contributed by atoms with Crippen LogP contribution >= 0.6 is 0 Å². The molecule has 0 bridgehead atoms. The Hall–Kier alpha value is -2.94. The SMILES string of the molecule is NC(=O)C(c1ccccn1)c1ccccc1-c1ccccc1. The van der Waals surface area contributed by atoms with Crippen LogP contribution in [0.1, 0.15) is 17.2 Å². The summed E-state index contributed by atoms with van der Waals surface area (Å²) in [6.45, 7) is 0. The summed E-state index contributed by atoms with van der Waals surface area (Å²) in [5.74, 6) is -0.959. The Balaban J connectivity index is 2.16. The van der Waals surface area contributed by atoms with Crippen LogP contribution in [-0.2, 0) is 4.79 Å². The molecule has 1 heterocycles. The highest BCUT2D eigenvalue weighted by atomic mass is 16.1. The number of amides is 1. The van der Waals surface area contributed by atoms with Gasteiger partial charge >= 0.3 is 0 Å². The molecule has 0 fully saturated rings. The fourth-order valence-corrected chi connectivity index (χ4v) is 2.63. The van der Waals surface area contributed by atoms with Crippen LogP contribution in [0.4, 0.5) is 0 Å². The first kappa shape index (κ1) is 14.0. The molecule has 0 aliphatic heterocycles. The van der Waals surface area contributed by atoms with E-state index in [0.29, 0.717) is 5.69 Å². The fourth-order valence-electron chi connectivity index (χ4n) is 2.63. The van der Waals surface area contributed by atoms with Crippen molar-refractivity contribution in [1.29, 1.82) is 0 Å². The first-order chi connectivity index (χ1) is 10.8. The lowest BCUT2D eigenvalue weighted by Crippen LogP contribution is -2.23. The van der Waals surface area contributed by atoms with E-state index in [1.54, 1.807) is 6.20 Å². The number of pyridine rings is 1. The fraction of sp³-hybridized carbons (Fsp3) is 0.0526. The van der Waals surface area contributed by atoms with Gasteiger partial charge in [0.1, 0.15) is 5.92 Å². The quantitative estimate of drug-likeness (QED) is 0.800. The topological polar surface area (TPSA) is 56.0 Å². The zero-order valence-corrected chi connectivity index (χ0v) is 12.0. The Labute approximate surface area is 129 Å². The van der Waals surface area contributed by atoms with Gasteiger partial charge < -0.3 is 5.73 Å². The van der Waals surface area contributed by atoms with Crippen molar-refractivity contribution in [3.8, 4) is 11.1 Å². The number of hydrogen-bond acceptors (Lipinski definition) is 2. The van der Waals surface area contributed by atoms with E-state index < -0.39 is 11.8 Å². The molecule has 22 heavy (non-hydrogen) atoms. The molecule has 1 amide bonds. The molecule has 0 saturated heterocycles. The molecule has 1 aromatic heterocycles. The lowest BCUT2D eigenvalue weighted by molar-refractivity contribution is -0.118. The van der Waals surface area contributed by atoms with Gasteiger partial charge in [0.15, 0.2) is 0 Å². The molecule has 1 unspecified atom stereocenters. The van der Waals surface area contributed by atoms with Gasteiger partial charge in [0, 0.05) is 6.20 Å². The van der Waals surface area contributed by atoms with E-state index in [9.17, 15) is 4.79 Å². The van der Waals surface area contributed by atoms with Gasteiger partial charge in [-0.2, -0.15) is 0 Å². The van der Waals surface area contributed by atoms with Crippen LogP contribution in [0.3, 0.4) is 0 Å². The number of carbonyl (C=O) groups is 1. The summed E-state index contributed by atoms with van der Waals surface area (Å²) in [6, 6.07) is 23.3. The van der Waals surface area contributed by atoms with Gasteiger partial charge in [-0.1, -0.05) is 60.7 Å². The summed E-state index contributed by atoms with van der Waals surface area (Å²) >= 11 is 0. The number of nitrogens with two attached hydrogens (primary N) is 1. The first-order valence-corrected chi connectivity index (χ1v) is 7.12. The summed E-state index contributed by atoms with van der Waals surface area (Å²) in [5, 5.41) is 0. The Morgan fingerprint density at radius 3 is 2.23 bits per heavy atom. The summed E-state index contributed by atoms with van der Waals surface area (Å²) in [6.07, 6.45) is 1.68. The molecule has 3 nitrogen and oxygen atoms in total. The molecule has 2 N–H and O–H groups in total. The zero-order chi connectivity index (χ0) is 15.4. The van der Waals surface area contributed by atoms with Gasteiger partial charge in [0.05, 0.1) is 5.69 Å². The summed E-state index contributed by atoms with van der Waals surface area (Å²) in [7, 11) is 0. The molecule has 3 aromatic rings. The Bertz CT molecular complexity index is 770. The third-order valence-electron chi connectivity index (χ3n) is 3.62. The van der Waals surface area contributed by atoms with Gasteiger partial charge in [-0.05, 0) is 28.8 Å². The van der Waals surface area contributed by atoms with Crippen molar-refractivity contribution in [2.45, 2.75) is 5.92 Å². The standard InChI is InChI=1S/C19H16N2O/c20-19(22)18(17-12-6-7-13-21-17)16-11-5-4-10-15(16)14-8-2-1-3-9-14/h1-13,18H,(H2,20,22). The first-order valence-electron chi connectivity index (χ1n) is 7.12. The van der Waals surface area contributed by atoms with Crippen LogP contribution in [0.15, 0.2) is 79.0 Å². The van der Waals surface area contributed by atoms with Gasteiger partial charge in [-0.3, -0.25) is 9.78 Å². The molecule has 3 heteroatoms. The maximum absolute atomic E-state index is 12.1. The molecular weight excluding hydrogens is 272 g/mol. The van der Waals surface area contributed by atoms with E-state index in [4.69, 9.17) is 5.73 Å². The zero-order valence-electron chi connectivity index (χ0n) is 12.0. The van der Waals surface area contributed by atoms with Crippen LogP contribution in [-0.4, -0.2) is 10.9 Å². The Kier molecular flexibility index (Phi) is 3.97. The molecular formula is C19H16N2O. The lowest BCUT2D eigenvalue weighted by atomic mass is 9.88. The normalized spacial score (nSPS) is 11.8. The molecule has 0 aliphatic rings. The smallest absolute Gasteiger partial charge is 0.231 e. The Morgan fingerprint density at radius 1 is 0.864 bits per heavy atom. The Morgan fingerprint density at radius 2 is 1.55 bits per heavy atom. The second-order valence-corrected chi connectivity index (χ2v) is 5.04. The van der Waals surface area contributed by atoms with Crippen molar-refractivity contribution in [3.63, 3.8) is 0 Å². The number of aromatic nitrogens is 1. The van der Waals surface area contributed by atoms with E-state index in [1.165, 1.54) is 0 Å². The third kappa shape index (κ3) is 2.74. The molecule has 3 rings (SSSR count). The molecule has 1 atom stereocenters. The van der Waals surface area contributed by atoms with Crippen molar-refractivity contribution in [1.82, 2.24) is 4.98 Å². The largest absolute Gasteiger partial charge is 0.369 e.